The van der Waals surface area contributed by atoms with Gasteiger partial charge in [0.2, 0.25) is 0 Å². The Morgan fingerprint density at radius 1 is 1.37 bits per heavy atom. The first-order valence-corrected chi connectivity index (χ1v) is 6.86. The van der Waals surface area contributed by atoms with Crippen LogP contribution < -0.4 is 5.32 Å². The minimum absolute atomic E-state index is 0.237. The Morgan fingerprint density at radius 2 is 2.05 bits per heavy atom. The Labute approximate surface area is 115 Å². The van der Waals surface area contributed by atoms with Gasteiger partial charge in [-0.2, -0.15) is 0 Å². The van der Waals surface area contributed by atoms with Crippen molar-refractivity contribution in [2.24, 2.45) is 5.92 Å². The summed E-state index contributed by atoms with van der Waals surface area (Å²) >= 11 is 0. The van der Waals surface area contributed by atoms with Crippen LogP contribution in [-0.4, -0.2) is 22.1 Å². The smallest absolute Gasteiger partial charge is 0.339 e. The van der Waals surface area contributed by atoms with E-state index in [-0.39, 0.29) is 11.6 Å². The minimum atomic E-state index is -0.940. The van der Waals surface area contributed by atoms with Crippen molar-refractivity contribution in [2.75, 3.05) is 5.32 Å². The number of anilines is 1. The molecule has 106 valence electrons. The first kappa shape index (κ1) is 15.5. The summed E-state index contributed by atoms with van der Waals surface area (Å²) in [5.41, 5.74) is 1.72. The Kier molecular flexibility index (Phi) is 5.80. The molecule has 1 aromatic heterocycles. The number of hydrogen-bond donors (Lipinski definition) is 2. The van der Waals surface area contributed by atoms with Gasteiger partial charge in [0.15, 0.2) is 0 Å². The summed E-state index contributed by atoms with van der Waals surface area (Å²) in [5, 5.41) is 12.4. The average molecular weight is 264 g/mol. The fraction of sp³-hybridized carbons (Fsp3) is 0.600. The van der Waals surface area contributed by atoms with E-state index in [1.165, 1.54) is 12.6 Å². The van der Waals surface area contributed by atoms with Crippen LogP contribution in [0.4, 0.5) is 5.69 Å². The molecular weight excluding hydrogens is 240 g/mol. The number of carbonyl (C=O) groups is 1. The van der Waals surface area contributed by atoms with Crippen LogP contribution in [0.5, 0.6) is 0 Å². The van der Waals surface area contributed by atoms with E-state index in [0.717, 1.165) is 18.5 Å². The zero-order valence-corrected chi connectivity index (χ0v) is 12.2. The lowest BCUT2D eigenvalue weighted by molar-refractivity contribution is 0.0697. The first-order chi connectivity index (χ1) is 8.90. The molecule has 1 atom stereocenters. The number of hydrogen-bond acceptors (Lipinski definition) is 3. The summed E-state index contributed by atoms with van der Waals surface area (Å²) in [6.45, 7) is 8.38. The van der Waals surface area contributed by atoms with E-state index in [0.29, 0.717) is 11.6 Å². The lowest BCUT2D eigenvalue weighted by atomic mass is 10.0. The molecule has 19 heavy (non-hydrogen) atoms. The third kappa shape index (κ3) is 5.28. The van der Waals surface area contributed by atoms with E-state index >= 15 is 0 Å². The molecule has 0 aliphatic rings. The van der Waals surface area contributed by atoms with E-state index in [1.807, 2.05) is 6.92 Å². The summed E-state index contributed by atoms with van der Waals surface area (Å²) in [6, 6.07) is 2.06. The van der Waals surface area contributed by atoms with Crippen LogP contribution in [0.3, 0.4) is 0 Å². The molecule has 0 radical (unpaired) electrons. The van der Waals surface area contributed by atoms with Crippen molar-refractivity contribution in [1.82, 2.24) is 4.98 Å². The number of nitrogens with one attached hydrogen (secondary N) is 1. The SMILES string of the molecule is Cc1cc(NC(C)CCCC(C)C)c(C(=O)O)cn1. The Morgan fingerprint density at radius 3 is 2.63 bits per heavy atom. The monoisotopic (exact) mass is 264 g/mol. The third-order valence-electron chi connectivity index (χ3n) is 3.09. The van der Waals surface area contributed by atoms with Crippen LogP contribution >= 0.6 is 0 Å². The fourth-order valence-corrected chi connectivity index (χ4v) is 2.02. The standard InChI is InChI=1S/C15H24N2O2/c1-10(2)6-5-7-11(3)17-14-8-12(4)16-9-13(14)15(18)19/h8-11H,5-7H2,1-4H3,(H,16,17)(H,18,19). The average Bonchev–Trinajstić information content (AvgIpc) is 2.27. The van der Waals surface area contributed by atoms with Crippen molar-refractivity contribution in [3.05, 3.63) is 23.5 Å². The van der Waals surface area contributed by atoms with Gasteiger partial charge in [-0.05, 0) is 32.3 Å². The molecule has 1 aromatic rings. The fourth-order valence-electron chi connectivity index (χ4n) is 2.02. The highest BCUT2D eigenvalue weighted by Gasteiger charge is 2.13. The molecule has 0 saturated heterocycles. The molecule has 4 nitrogen and oxygen atoms in total. The number of carboxylic acids is 1. The normalized spacial score (nSPS) is 12.5. The van der Waals surface area contributed by atoms with Gasteiger partial charge in [0.05, 0.1) is 5.69 Å². The maximum absolute atomic E-state index is 11.1. The van der Waals surface area contributed by atoms with E-state index in [2.05, 4.69) is 31.1 Å². The summed E-state index contributed by atoms with van der Waals surface area (Å²) in [4.78, 5) is 15.2. The van der Waals surface area contributed by atoms with Crippen molar-refractivity contribution in [2.45, 2.75) is 53.0 Å². The minimum Gasteiger partial charge on any atom is -0.478 e. The van der Waals surface area contributed by atoms with E-state index in [9.17, 15) is 4.79 Å². The predicted octanol–water partition coefficient (Wildman–Crippen LogP) is 3.71. The summed E-state index contributed by atoms with van der Waals surface area (Å²) in [6.07, 6.45) is 4.81. The zero-order valence-electron chi connectivity index (χ0n) is 12.2. The van der Waals surface area contributed by atoms with Crippen molar-refractivity contribution in [1.29, 1.82) is 0 Å². The maximum Gasteiger partial charge on any atom is 0.339 e. The molecule has 0 saturated carbocycles. The van der Waals surface area contributed by atoms with Gasteiger partial charge in [-0.3, -0.25) is 4.98 Å². The van der Waals surface area contributed by atoms with Crippen LogP contribution in [0.1, 0.15) is 56.1 Å². The molecule has 0 bridgehead atoms. The molecule has 0 aliphatic heterocycles. The molecule has 1 rings (SSSR count). The third-order valence-corrected chi connectivity index (χ3v) is 3.09. The highest BCUT2D eigenvalue weighted by atomic mass is 16.4. The maximum atomic E-state index is 11.1. The molecule has 0 fully saturated rings. The molecule has 0 aromatic carbocycles. The van der Waals surface area contributed by atoms with E-state index < -0.39 is 5.97 Å². The first-order valence-electron chi connectivity index (χ1n) is 6.86. The molecule has 0 aliphatic carbocycles. The lowest BCUT2D eigenvalue weighted by Crippen LogP contribution is -2.18. The van der Waals surface area contributed by atoms with Crippen LogP contribution in [0.15, 0.2) is 12.3 Å². The number of aryl methyl sites for hydroxylation is 1. The summed E-state index contributed by atoms with van der Waals surface area (Å²) in [5.74, 6) is -0.227. The molecule has 0 spiro atoms. The molecular formula is C15H24N2O2. The van der Waals surface area contributed by atoms with Crippen molar-refractivity contribution in [3.8, 4) is 0 Å². The summed E-state index contributed by atoms with van der Waals surface area (Å²) in [7, 11) is 0. The molecule has 1 unspecified atom stereocenters. The Balaban J connectivity index is 2.65. The van der Waals surface area contributed by atoms with Crippen LogP contribution in [-0.2, 0) is 0 Å². The number of aromatic carboxylic acids is 1. The van der Waals surface area contributed by atoms with Gasteiger partial charge in [-0.15, -0.1) is 0 Å². The van der Waals surface area contributed by atoms with Gasteiger partial charge < -0.3 is 10.4 Å². The van der Waals surface area contributed by atoms with Crippen molar-refractivity contribution < 1.29 is 9.90 Å². The Hall–Kier alpha value is -1.58. The number of aromatic nitrogens is 1. The zero-order chi connectivity index (χ0) is 14.4. The topological polar surface area (TPSA) is 62.2 Å². The molecule has 1 heterocycles. The molecule has 0 amide bonds. The van der Waals surface area contributed by atoms with Gasteiger partial charge in [0, 0.05) is 17.9 Å². The second-order valence-corrected chi connectivity index (χ2v) is 5.55. The van der Waals surface area contributed by atoms with Crippen LogP contribution in [0.25, 0.3) is 0 Å². The van der Waals surface area contributed by atoms with Gasteiger partial charge >= 0.3 is 5.97 Å². The number of nitrogens with zero attached hydrogens (tertiary/aromatic N) is 1. The highest BCUT2D eigenvalue weighted by Crippen LogP contribution is 2.18. The molecule has 2 N–H and O–H groups in total. The second kappa shape index (κ2) is 7.12. The van der Waals surface area contributed by atoms with Crippen LogP contribution in [0.2, 0.25) is 0 Å². The second-order valence-electron chi connectivity index (χ2n) is 5.55. The van der Waals surface area contributed by atoms with Gasteiger partial charge in [0.25, 0.3) is 0 Å². The molecule has 4 heteroatoms. The number of rotatable bonds is 7. The van der Waals surface area contributed by atoms with Crippen LogP contribution in [0, 0.1) is 12.8 Å². The lowest BCUT2D eigenvalue weighted by Gasteiger charge is -2.17. The van der Waals surface area contributed by atoms with Crippen molar-refractivity contribution >= 4 is 11.7 Å². The van der Waals surface area contributed by atoms with E-state index in [4.69, 9.17) is 5.11 Å². The highest BCUT2D eigenvalue weighted by molar-refractivity contribution is 5.93. The quantitative estimate of drug-likeness (QED) is 0.788. The van der Waals surface area contributed by atoms with Gasteiger partial charge in [-0.1, -0.05) is 26.7 Å². The Bertz CT molecular complexity index is 430. The predicted molar refractivity (Wildman–Crippen MR) is 77.7 cm³/mol. The van der Waals surface area contributed by atoms with E-state index in [1.54, 1.807) is 6.07 Å². The summed E-state index contributed by atoms with van der Waals surface area (Å²) < 4.78 is 0. The number of carboxylic acid groups (broad SMARTS) is 1. The van der Waals surface area contributed by atoms with Crippen molar-refractivity contribution in [3.63, 3.8) is 0 Å². The van der Waals surface area contributed by atoms with Gasteiger partial charge in [0.1, 0.15) is 5.56 Å². The number of pyridine rings is 1. The van der Waals surface area contributed by atoms with Gasteiger partial charge in [-0.25, -0.2) is 4.79 Å². The largest absolute Gasteiger partial charge is 0.478 e.